The van der Waals surface area contributed by atoms with Gasteiger partial charge in [-0.15, -0.1) is 0 Å². The Morgan fingerprint density at radius 1 is 1.40 bits per heavy atom. The van der Waals surface area contributed by atoms with Gasteiger partial charge in [0.25, 0.3) is 5.91 Å². The third-order valence-corrected chi connectivity index (χ3v) is 5.37. The fourth-order valence-electron chi connectivity index (χ4n) is 2.98. The zero-order chi connectivity index (χ0) is 14.5. The summed E-state index contributed by atoms with van der Waals surface area (Å²) in [5.74, 6) is 0.633. The molecule has 1 aromatic rings. The number of hydrogen-bond acceptors (Lipinski definition) is 1. The van der Waals surface area contributed by atoms with Crippen LogP contribution < -0.4 is 5.32 Å². The molecule has 1 saturated carbocycles. The van der Waals surface area contributed by atoms with Gasteiger partial charge < -0.3 is 5.32 Å². The quantitative estimate of drug-likeness (QED) is 0.788. The van der Waals surface area contributed by atoms with E-state index in [2.05, 4.69) is 28.2 Å². The van der Waals surface area contributed by atoms with Crippen molar-refractivity contribution in [1.82, 2.24) is 5.32 Å². The fraction of sp³-hybridized carbons (Fsp3) is 0.562. The van der Waals surface area contributed by atoms with Gasteiger partial charge in [0.2, 0.25) is 0 Å². The third kappa shape index (κ3) is 3.98. The number of benzene rings is 1. The molecule has 2 rings (SSSR count). The van der Waals surface area contributed by atoms with Crippen molar-refractivity contribution in [2.75, 3.05) is 0 Å². The Hall–Kier alpha value is -0.540. The van der Waals surface area contributed by atoms with Crippen LogP contribution in [-0.2, 0) is 0 Å². The topological polar surface area (TPSA) is 29.1 Å². The average Bonchev–Trinajstić information content (AvgIpc) is 2.48. The molecule has 0 radical (unpaired) electrons. The molecule has 1 fully saturated rings. The first-order valence-corrected chi connectivity index (χ1v) is 8.54. The zero-order valence-corrected chi connectivity index (χ0v) is 14.1. The fourth-order valence-corrected chi connectivity index (χ4v) is 3.48. The first-order chi connectivity index (χ1) is 9.61. The monoisotopic (exact) mass is 357 g/mol. The van der Waals surface area contributed by atoms with Gasteiger partial charge in [0.05, 0.1) is 5.02 Å². The van der Waals surface area contributed by atoms with E-state index in [0.717, 1.165) is 10.9 Å². The van der Waals surface area contributed by atoms with Crippen molar-refractivity contribution in [2.45, 2.75) is 51.5 Å². The maximum atomic E-state index is 12.3. The van der Waals surface area contributed by atoms with Crippen molar-refractivity contribution in [3.8, 4) is 0 Å². The molecule has 1 N–H and O–H groups in total. The van der Waals surface area contributed by atoms with Crippen LogP contribution in [0.25, 0.3) is 0 Å². The first-order valence-electron chi connectivity index (χ1n) is 7.37. The maximum absolute atomic E-state index is 12.3. The highest BCUT2D eigenvalue weighted by Gasteiger charge is 2.24. The van der Waals surface area contributed by atoms with E-state index in [1.807, 2.05) is 0 Å². The molecule has 0 aromatic heterocycles. The molecule has 0 bridgehead atoms. The minimum Gasteiger partial charge on any atom is -0.349 e. The first kappa shape index (κ1) is 15.8. The molecule has 4 heteroatoms. The Balaban J connectivity index is 2.02. The molecular weight excluding hydrogens is 338 g/mol. The second-order valence-corrected chi connectivity index (χ2v) is 6.78. The van der Waals surface area contributed by atoms with Gasteiger partial charge in [0.15, 0.2) is 0 Å². The second-order valence-electron chi connectivity index (χ2n) is 5.52. The number of hydrogen-bond donors (Lipinski definition) is 1. The molecule has 1 atom stereocenters. The highest BCUT2D eigenvalue weighted by atomic mass is 79.9. The van der Waals surface area contributed by atoms with E-state index in [1.54, 1.807) is 18.2 Å². The standard InChI is InChI=1S/C16H21BrClNO/c1-2-15(11-6-4-3-5-7-11)19-16(20)12-8-9-14(18)13(17)10-12/h8-11,15H,2-7H2,1H3,(H,19,20). The Morgan fingerprint density at radius 2 is 2.10 bits per heavy atom. The molecule has 2 nitrogen and oxygen atoms in total. The van der Waals surface area contributed by atoms with Gasteiger partial charge in [-0.25, -0.2) is 0 Å². The van der Waals surface area contributed by atoms with E-state index in [1.165, 1.54) is 32.1 Å². The highest BCUT2D eigenvalue weighted by Crippen LogP contribution is 2.28. The summed E-state index contributed by atoms with van der Waals surface area (Å²) in [4.78, 5) is 12.3. The number of nitrogens with one attached hydrogen (secondary N) is 1. The predicted molar refractivity (Wildman–Crippen MR) is 87.3 cm³/mol. The van der Waals surface area contributed by atoms with Gasteiger partial charge >= 0.3 is 0 Å². The summed E-state index contributed by atoms with van der Waals surface area (Å²) in [5, 5.41) is 3.82. The summed E-state index contributed by atoms with van der Waals surface area (Å²) < 4.78 is 0.762. The number of amides is 1. The maximum Gasteiger partial charge on any atom is 0.251 e. The summed E-state index contributed by atoms with van der Waals surface area (Å²) >= 11 is 9.32. The van der Waals surface area contributed by atoms with Crippen molar-refractivity contribution in [1.29, 1.82) is 0 Å². The van der Waals surface area contributed by atoms with Crippen LogP contribution in [0, 0.1) is 5.92 Å². The number of carbonyl (C=O) groups is 1. The van der Waals surface area contributed by atoms with Gasteiger partial charge in [-0.2, -0.15) is 0 Å². The molecule has 110 valence electrons. The number of carbonyl (C=O) groups excluding carboxylic acids is 1. The highest BCUT2D eigenvalue weighted by molar-refractivity contribution is 9.10. The van der Waals surface area contributed by atoms with Gasteiger partial charge in [0.1, 0.15) is 0 Å². The van der Waals surface area contributed by atoms with Crippen LogP contribution >= 0.6 is 27.5 Å². The number of rotatable bonds is 4. The predicted octanol–water partition coefficient (Wildman–Crippen LogP) is 5.19. The van der Waals surface area contributed by atoms with E-state index in [9.17, 15) is 4.79 Å². The summed E-state index contributed by atoms with van der Waals surface area (Å²) in [6.45, 7) is 2.15. The summed E-state index contributed by atoms with van der Waals surface area (Å²) in [6, 6.07) is 5.60. The second kappa shape index (κ2) is 7.46. The van der Waals surface area contributed by atoms with E-state index in [0.29, 0.717) is 16.5 Å². The SMILES string of the molecule is CCC(NC(=O)c1ccc(Cl)c(Br)c1)C1CCCCC1. The Kier molecular flexibility index (Phi) is 5.91. The van der Waals surface area contributed by atoms with Crippen LogP contribution in [0.1, 0.15) is 55.8 Å². The lowest BCUT2D eigenvalue weighted by Crippen LogP contribution is -2.40. The Morgan fingerprint density at radius 3 is 2.70 bits per heavy atom. The smallest absolute Gasteiger partial charge is 0.251 e. The third-order valence-electron chi connectivity index (χ3n) is 4.16. The molecule has 0 heterocycles. The molecule has 1 aliphatic rings. The molecule has 0 spiro atoms. The summed E-state index contributed by atoms with van der Waals surface area (Å²) in [6.07, 6.45) is 7.40. The minimum atomic E-state index is -0.000194. The Bertz CT molecular complexity index is 472. The van der Waals surface area contributed by atoms with Gasteiger partial charge in [-0.1, -0.05) is 37.8 Å². The summed E-state index contributed by atoms with van der Waals surface area (Å²) in [5.41, 5.74) is 0.663. The molecule has 0 saturated heterocycles. The van der Waals surface area contributed by atoms with Gasteiger partial charge in [-0.3, -0.25) is 4.79 Å². The van der Waals surface area contributed by atoms with E-state index >= 15 is 0 Å². The molecular formula is C16H21BrClNO. The largest absolute Gasteiger partial charge is 0.349 e. The molecule has 1 unspecified atom stereocenters. The van der Waals surface area contributed by atoms with Crippen LogP contribution in [-0.4, -0.2) is 11.9 Å². The number of halogens is 2. The van der Waals surface area contributed by atoms with E-state index in [4.69, 9.17) is 11.6 Å². The molecule has 0 aliphatic heterocycles. The Labute approximate surface area is 134 Å². The van der Waals surface area contributed by atoms with Crippen LogP contribution in [0.2, 0.25) is 5.02 Å². The van der Waals surface area contributed by atoms with Crippen molar-refractivity contribution in [3.05, 3.63) is 33.3 Å². The van der Waals surface area contributed by atoms with Crippen molar-refractivity contribution < 1.29 is 4.79 Å². The zero-order valence-electron chi connectivity index (χ0n) is 11.8. The van der Waals surface area contributed by atoms with Crippen molar-refractivity contribution >= 4 is 33.4 Å². The lowest BCUT2D eigenvalue weighted by Gasteiger charge is -2.30. The molecule has 1 aliphatic carbocycles. The molecule has 20 heavy (non-hydrogen) atoms. The van der Waals surface area contributed by atoms with Gasteiger partial charge in [-0.05, 0) is 59.3 Å². The van der Waals surface area contributed by atoms with Crippen molar-refractivity contribution in [3.63, 3.8) is 0 Å². The molecule has 1 aromatic carbocycles. The van der Waals surface area contributed by atoms with Crippen LogP contribution in [0.15, 0.2) is 22.7 Å². The minimum absolute atomic E-state index is 0.000194. The van der Waals surface area contributed by atoms with E-state index in [-0.39, 0.29) is 11.9 Å². The molecule has 1 amide bonds. The van der Waals surface area contributed by atoms with E-state index < -0.39 is 0 Å². The van der Waals surface area contributed by atoms with Crippen LogP contribution in [0.3, 0.4) is 0 Å². The lowest BCUT2D eigenvalue weighted by atomic mass is 9.83. The van der Waals surface area contributed by atoms with Gasteiger partial charge in [0, 0.05) is 16.1 Å². The summed E-state index contributed by atoms with van der Waals surface area (Å²) in [7, 11) is 0. The van der Waals surface area contributed by atoms with Crippen LogP contribution in [0.4, 0.5) is 0 Å². The average molecular weight is 359 g/mol. The lowest BCUT2D eigenvalue weighted by molar-refractivity contribution is 0.0911. The van der Waals surface area contributed by atoms with Crippen LogP contribution in [0.5, 0.6) is 0 Å². The van der Waals surface area contributed by atoms with Crippen molar-refractivity contribution in [2.24, 2.45) is 5.92 Å². The normalized spacial score (nSPS) is 17.8.